The zero-order valence-corrected chi connectivity index (χ0v) is 14.2. The Morgan fingerprint density at radius 1 is 1.38 bits per heavy atom. The first-order valence-corrected chi connectivity index (χ1v) is 8.92. The molecule has 2 aromatic heterocycles. The quantitative estimate of drug-likeness (QED) is 0.220. The number of hydrogen-bond acceptors (Lipinski definition) is 6. The van der Waals surface area contributed by atoms with Gasteiger partial charge in [0, 0.05) is 23.9 Å². The number of fused-ring (bicyclic) bond motifs is 1. The number of thiophene rings is 1. The molecule has 0 saturated carbocycles. The summed E-state index contributed by atoms with van der Waals surface area (Å²) in [6.07, 6.45) is 1.64. The normalized spacial score (nSPS) is 10.8. The van der Waals surface area contributed by atoms with Gasteiger partial charge in [-0.05, 0) is 11.4 Å². The zero-order chi connectivity index (χ0) is 17.1. The number of nitro benzene ring substituents is 1. The van der Waals surface area contributed by atoms with E-state index in [0.717, 1.165) is 0 Å². The number of allylic oxidation sites excluding steroid dienone is 1. The number of thioether (sulfide) groups is 1. The molecule has 0 aliphatic rings. The summed E-state index contributed by atoms with van der Waals surface area (Å²) in [5.74, 6) is 0.359. The summed E-state index contributed by atoms with van der Waals surface area (Å²) in [6.45, 7) is 4.02. The molecule has 0 N–H and O–H groups in total. The van der Waals surface area contributed by atoms with Crippen LogP contribution in [0.25, 0.3) is 10.2 Å². The van der Waals surface area contributed by atoms with Gasteiger partial charge in [0.1, 0.15) is 4.83 Å². The summed E-state index contributed by atoms with van der Waals surface area (Å²) in [5, 5.41) is 14.1. The molecule has 24 heavy (non-hydrogen) atoms. The van der Waals surface area contributed by atoms with Crippen LogP contribution in [-0.2, 0) is 12.3 Å². The van der Waals surface area contributed by atoms with Gasteiger partial charge in [0.25, 0.3) is 11.2 Å². The zero-order valence-electron chi connectivity index (χ0n) is 12.5. The van der Waals surface area contributed by atoms with Crippen molar-refractivity contribution in [2.24, 2.45) is 0 Å². The van der Waals surface area contributed by atoms with Gasteiger partial charge in [0.05, 0.1) is 10.3 Å². The van der Waals surface area contributed by atoms with Crippen molar-refractivity contribution in [3.8, 4) is 0 Å². The average Bonchev–Trinajstić information content (AvgIpc) is 3.05. The lowest BCUT2D eigenvalue weighted by Gasteiger charge is -2.10. The van der Waals surface area contributed by atoms with Crippen LogP contribution in [0.2, 0.25) is 0 Å². The minimum Gasteiger partial charge on any atom is -0.283 e. The second-order valence-electron chi connectivity index (χ2n) is 4.91. The number of nitro groups is 1. The molecule has 0 saturated heterocycles. The largest absolute Gasteiger partial charge is 0.283 e. The fraction of sp³-hybridized carbons (Fsp3) is 0.125. The highest BCUT2D eigenvalue weighted by Crippen LogP contribution is 2.28. The number of rotatable bonds is 6. The van der Waals surface area contributed by atoms with Crippen LogP contribution in [0.5, 0.6) is 0 Å². The van der Waals surface area contributed by atoms with Gasteiger partial charge < -0.3 is 0 Å². The molecule has 2 heterocycles. The number of benzene rings is 1. The lowest BCUT2D eigenvalue weighted by Crippen LogP contribution is -2.22. The third-order valence-electron chi connectivity index (χ3n) is 3.41. The van der Waals surface area contributed by atoms with Gasteiger partial charge in [0.2, 0.25) is 0 Å². The van der Waals surface area contributed by atoms with Crippen molar-refractivity contribution >= 4 is 39.0 Å². The molecular formula is C16H13N3O3S2. The molecule has 0 amide bonds. The van der Waals surface area contributed by atoms with Crippen LogP contribution in [0, 0.1) is 10.1 Å². The maximum absolute atomic E-state index is 12.5. The highest BCUT2D eigenvalue weighted by atomic mass is 32.2. The van der Waals surface area contributed by atoms with Crippen molar-refractivity contribution in [2.75, 3.05) is 0 Å². The Hall–Kier alpha value is -2.45. The van der Waals surface area contributed by atoms with E-state index in [0.29, 0.717) is 33.2 Å². The van der Waals surface area contributed by atoms with E-state index in [4.69, 9.17) is 0 Å². The molecule has 0 spiro atoms. The Morgan fingerprint density at radius 3 is 2.92 bits per heavy atom. The predicted molar refractivity (Wildman–Crippen MR) is 96.7 cm³/mol. The molecule has 1 aromatic carbocycles. The maximum atomic E-state index is 12.5. The predicted octanol–water partition coefficient (Wildman–Crippen LogP) is 3.84. The number of nitrogens with zero attached hydrogens (tertiary/aromatic N) is 3. The Bertz CT molecular complexity index is 978. The van der Waals surface area contributed by atoms with Gasteiger partial charge in [-0.25, -0.2) is 4.98 Å². The lowest BCUT2D eigenvalue weighted by atomic mass is 10.2. The second-order valence-corrected chi connectivity index (χ2v) is 6.75. The average molecular weight is 359 g/mol. The maximum Gasteiger partial charge on any atom is 0.273 e. The first kappa shape index (κ1) is 16.4. The molecule has 122 valence electrons. The minimum atomic E-state index is -0.400. The van der Waals surface area contributed by atoms with Crippen LogP contribution in [0.4, 0.5) is 5.69 Å². The van der Waals surface area contributed by atoms with Crippen LogP contribution in [0.15, 0.2) is 58.3 Å². The van der Waals surface area contributed by atoms with Gasteiger partial charge in [-0.3, -0.25) is 19.5 Å². The number of para-hydroxylation sites is 1. The molecule has 8 heteroatoms. The summed E-state index contributed by atoms with van der Waals surface area (Å²) < 4.78 is 1.54. The molecule has 0 unspecified atom stereocenters. The van der Waals surface area contributed by atoms with E-state index in [-0.39, 0.29) is 11.2 Å². The summed E-state index contributed by atoms with van der Waals surface area (Å²) >= 11 is 2.71. The van der Waals surface area contributed by atoms with Gasteiger partial charge in [0.15, 0.2) is 5.16 Å². The molecule has 0 aliphatic heterocycles. The molecule has 6 nitrogen and oxygen atoms in total. The Labute approximate surface area is 145 Å². The van der Waals surface area contributed by atoms with E-state index in [1.54, 1.807) is 34.9 Å². The van der Waals surface area contributed by atoms with Crippen molar-refractivity contribution in [2.45, 2.75) is 17.5 Å². The molecule has 0 aliphatic carbocycles. The third kappa shape index (κ3) is 3.10. The molecule has 3 rings (SSSR count). The second kappa shape index (κ2) is 6.98. The summed E-state index contributed by atoms with van der Waals surface area (Å²) in [6, 6.07) is 8.34. The molecule has 0 radical (unpaired) electrons. The van der Waals surface area contributed by atoms with Crippen molar-refractivity contribution < 1.29 is 4.92 Å². The molecule has 3 aromatic rings. The van der Waals surface area contributed by atoms with E-state index < -0.39 is 4.92 Å². The third-order valence-corrected chi connectivity index (χ3v) is 5.24. The van der Waals surface area contributed by atoms with E-state index in [1.165, 1.54) is 29.2 Å². The first-order chi connectivity index (χ1) is 11.6. The van der Waals surface area contributed by atoms with Crippen molar-refractivity contribution in [3.63, 3.8) is 0 Å². The van der Waals surface area contributed by atoms with Crippen LogP contribution in [-0.4, -0.2) is 14.5 Å². The highest BCUT2D eigenvalue weighted by molar-refractivity contribution is 7.98. The minimum absolute atomic E-state index is 0.0693. The van der Waals surface area contributed by atoms with Gasteiger partial charge in [-0.15, -0.1) is 17.9 Å². The van der Waals surface area contributed by atoms with E-state index in [1.807, 2.05) is 5.38 Å². The standard InChI is InChI=1S/C16H13N3O3S2/c1-2-8-18-15(20)12-7-9-23-14(12)17-16(18)24-10-11-5-3-4-6-13(11)19(21)22/h2-7,9H,1,8,10H2. The SMILES string of the molecule is C=CCn1c(SCc2ccccc2[N+](=O)[O-])nc2sccc2c1=O. The monoisotopic (exact) mass is 359 g/mol. The smallest absolute Gasteiger partial charge is 0.273 e. The van der Waals surface area contributed by atoms with Crippen molar-refractivity contribution in [1.29, 1.82) is 0 Å². The molecule has 0 fully saturated rings. The number of hydrogen-bond donors (Lipinski definition) is 0. The van der Waals surface area contributed by atoms with E-state index >= 15 is 0 Å². The Balaban J connectivity index is 1.98. The topological polar surface area (TPSA) is 78.0 Å². The van der Waals surface area contributed by atoms with Crippen molar-refractivity contribution in [1.82, 2.24) is 9.55 Å². The lowest BCUT2D eigenvalue weighted by molar-refractivity contribution is -0.385. The van der Waals surface area contributed by atoms with Crippen LogP contribution in [0.3, 0.4) is 0 Å². The van der Waals surface area contributed by atoms with Gasteiger partial charge >= 0.3 is 0 Å². The summed E-state index contributed by atoms with van der Waals surface area (Å²) in [7, 11) is 0. The van der Waals surface area contributed by atoms with Crippen LogP contribution in [0.1, 0.15) is 5.56 Å². The summed E-state index contributed by atoms with van der Waals surface area (Å²) in [5.41, 5.74) is 0.546. The van der Waals surface area contributed by atoms with Crippen molar-refractivity contribution in [3.05, 3.63) is 74.4 Å². The first-order valence-electron chi connectivity index (χ1n) is 7.06. The Morgan fingerprint density at radius 2 is 2.17 bits per heavy atom. The van der Waals surface area contributed by atoms with Gasteiger partial charge in [-0.2, -0.15) is 0 Å². The molecule has 0 bridgehead atoms. The Kier molecular flexibility index (Phi) is 4.77. The van der Waals surface area contributed by atoms with Crippen LogP contribution >= 0.6 is 23.1 Å². The van der Waals surface area contributed by atoms with E-state index in [9.17, 15) is 14.9 Å². The van der Waals surface area contributed by atoms with Gasteiger partial charge in [-0.1, -0.05) is 36.0 Å². The molecular weight excluding hydrogens is 346 g/mol. The van der Waals surface area contributed by atoms with Crippen LogP contribution < -0.4 is 5.56 Å². The summed E-state index contributed by atoms with van der Waals surface area (Å²) in [4.78, 5) is 28.5. The number of aromatic nitrogens is 2. The van der Waals surface area contributed by atoms with E-state index in [2.05, 4.69) is 11.6 Å². The highest BCUT2D eigenvalue weighted by Gasteiger charge is 2.16. The fourth-order valence-electron chi connectivity index (χ4n) is 2.28. The fourth-order valence-corrected chi connectivity index (χ4v) is 4.09. The molecule has 0 atom stereocenters.